The zero-order valence-corrected chi connectivity index (χ0v) is 57.4. The van der Waals surface area contributed by atoms with E-state index in [2.05, 4.69) is 232 Å². The Morgan fingerprint density at radius 2 is 0.539 bits per heavy atom. The smallest absolute Gasteiger partial charge is 0.0267 e. The molecule has 0 spiro atoms. The quantitative estimate of drug-likeness (QED) is 0.262. The number of benzene rings is 1. The molecule has 0 bridgehead atoms. The molecule has 76 heavy (non-hydrogen) atoms. The van der Waals surface area contributed by atoms with Crippen molar-refractivity contribution in [1.29, 1.82) is 0 Å². The molecule has 0 atom stereocenters. The molecule has 1 aromatic carbocycles. The van der Waals surface area contributed by atoms with Crippen molar-refractivity contribution in [2.45, 2.75) is 338 Å². The Hall–Kier alpha value is -1.71. The highest BCUT2D eigenvalue weighted by Gasteiger charge is 2.33. The first-order valence-corrected chi connectivity index (χ1v) is 31.9. The zero-order valence-electron chi connectivity index (χ0n) is 57.4. The molecule has 450 valence electrons. The molecule has 6 fully saturated rings. The summed E-state index contributed by atoms with van der Waals surface area (Å²) >= 11 is 0. The predicted octanol–water partition coefficient (Wildman–Crippen LogP) is 23.9. The first kappa shape index (κ1) is 78.5. The van der Waals surface area contributed by atoms with Crippen LogP contribution in [0.3, 0.4) is 0 Å². The van der Waals surface area contributed by atoms with Crippen LogP contribution in [-0.2, 0) is 5.41 Å². The van der Waals surface area contributed by atoms with Crippen LogP contribution in [0.1, 0.15) is 327 Å². The van der Waals surface area contributed by atoms with Crippen LogP contribution in [-0.4, -0.2) is 52.0 Å². The lowest BCUT2D eigenvalue weighted by atomic mass is 9.69. The van der Waals surface area contributed by atoms with Crippen molar-refractivity contribution in [3.05, 3.63) is 66.5 Å². The maximum atomic E-state index is 3.78. The number of rotatable bonds is 0. The van der Waals surface area contributed by atoms with E-state index >= 15 is 0 Å². The predicted molar refractivity (Wildman–Crippen MR) is 350 cm³/mol. The fourth-order valence-corrected chi connectivity index (χ4v) is 8.37. The van der Waals surface area contributed by atoms with Gasteiger partial charge in [-0.25, -0.2) is 0 Å². The Labute approximate surface area is 482 Å². The third kappa shape index (κ3) is 61.5. The summed E-state index contributed by atoms with van der Waals surface area (Å²) in [5, 5.41) is 0. The van der Waals surface area contributed by atoms with Gasteiger partial charge in [0, 0.05) is 23.5 Å². The fraction of sp³-hybridized carbons (Fsp3) is 0.849. The molecule has 0 amide bonds. The van der Waals surface area contributed by atoms with Crippen LogP contribution >= 0.6 is 0 Å². The molecular formula is C73H143N3. The largest absolute Gasteiger partial charge is 0.298 e. The molecule has 6 aliphatic rings. The van der Waals surface area contributed by atoms with E-state index < -0.39 is 0 Å². The van der Waals surface area contributed by atoms with Gasteiger partial charge < -0.3 is 0 Å². The summed E-state index contributed by atoms with van der Waals surface area (Å²) in [6.45, 7) is 65.9. The van der Waals surface area contributed by atoms with E-state index in [1.165, 1.54) is 167 Å². The van der Waals surface area contributed by atoms with Crippen molar-refractivity contribution in [2.75, 3.05) is 26.2 Å². The third-order valence-corrected chi connectivity index (χ3v) is 13.4. The normalized spacial score (nSPS) is 18.2. The molecule has 3 heterocycles. The molecule has 2 aliphatic heterocycles. The number of aromatic nitrogens is 1. The first-order chi connectivity index (χ1) is 34.5. The van der Waals surface area contributed by atoms with Crippen molar-refractivity contribution in [2.24, 2.45) is 38.9 Å². The van der Waals surface area contributed by atoms with Crippen LogP contribution in [0.4, 0.5) is 0 Å². The van der Waals surface area contributed by atoms with Crippen LogP contribution < -0.4 is 0 Å². The minimum absolute atomic E-state index is 0.293. The van der Waals surface area contributed by atoms with Crippen LogP contribution in [0.25, 0.3) is 0 Å². The molecule has 3 heteroatoms. The van der Waals surface area contributed by atoms with E-state index in [0.29, 0.717) is 43.6 Å². The summed E-state index contributed by atoms with van der Waals surface area (Å²) < 4.78 is 0. The van der Waals surface area contributed by atoms with Gasteiger partial charge in [0.25, 0.3) is 0 Å². The molecule has 0 unspecified atom stereocenters. The lowest BCUT2D eigenvalue weighted by Gasteiger charge is -2.38. The summed E-state index contributed by atoms with van der Waals surface area (Å²) in [6.07, 6.45) is 34.4. The topological polar surface area (TPSA) is 19.4 Å². The minimum Gasteiger partial charge on any atom is -0.298 e. The van der Waals surface area contributed by atoms with Crippen molar-refractivity contribution in [3.8, 4) is 0 Å². The molecular weight excluding hydrogens is 919 g/mol. The van der Waals surface area contributed by atoms with E-state index in [-0.39, 0.29) is 0 Å². The molecule has 3 nitrogen and oxygen atoms in total. The van der Waals surface area contributed by atoms with E-state index in [1.54, 1.807) is 12.4 Å². The van der Waals surface area contributed by atoms with E-state index in [1.807, 2.05) is 18.2 Å². The van der Waals surface area contributed by atoms with Gasteiger partial charge in [0.15, 0.2) is 0 Å². The maximum Gasteiger partial charge on any atom is 0.0267 e. The Morgan fingerprint density at radius 1 is 0.303 bits per heavy atom. The molecule has 2 aromatic rings. The van der Waals surface area contributed by atoms with Gasteiger partial charge in [-0.05, 0) is 181 Å². The Bertz CT molecular complexity index is 1420. The number of likely N-dealkylation sites (tertiary alicyclic amines) is 2. The van der Waals surface area contributed by atoms with Crippen molar-refractivity contribution >= 4 is 0 Å². The second-order valence-corrected chi connectivity index (χ2v) is 33.2. The molecule has 4 aliphatic carbocycles. The van der Waals surface area contributed by atoms with Gasteiger partial charge in [0.1, 0.15) is 0 Å². The van der Waals surface area contributed by atoms with Gasteiger partial charge in [-0.3, -0.25) is 14.8 Å². The van der Waals surface area contributed by atoms with E-state index in [0.717, 1.165) is 11.8 Å². The average molecular weight is 1060 g/mol. The molecule has 0 N–H and O–H groups in total. The van der Waals surface area contributed by atoms with Gasteiger partial charge in [-0.15, -0.1) is 0 Å². The van der Waals surface area contributed by atoms with E-state index in [9.17, 15) is 0 Å². The number of pyridine rings is 1. The van der Waals surface area contributed by atoms with Crippen molar-refractivity contribution in [1.82, 2.24) is 14.8 Å². The fourth-order valence-electron chi connectivity index (χ4n) is 8.37. The summed E-state index contributed by atoms with van der Waals surface area (Å²) in [7, 11) is 0. The average Bonchev–Trinajstić information content (AvgIpc) is 3.66. The molecule has 8 rings (SSSR count). The second kappa shape index (κ2) is 40.5. The van der Waals surface area contributed by atoms with Crippen molar-refractivity contribution < 1.29 is 0 Å². The monoisotopic (exact) mass is 1060 g/mol. The Morgan fingerprint density at radius 3 is 0.658 bits per heavy atom. The molecule has 1 aromatic heterocycles. The summed E-state index contributed by atoms with van der Waals surface area (Å²) in [6, 6.07) is 16.3. The first-order valence-electron chi connectivity index (χ1n) is 31.9. The van der Waals surface area contributed by atoms with E-state index in [4.69, 9.17) is 0 Å². The molecule has 4 saturated carbocycles. The third-order valence-electron chi connectivity index (χ3n) is 13.4. The van der Waals surface area contributed by atoms with Gasteiger partial charge >= 0.3 is 0 Å². The number of piperidine rings is 1. The molecule has 2 saturated heterocycles. The van der Waals surface area contributed by atoms with Gasteiger partial charge in [-0.1, -0.05) is 265 Å². The highest BCUT2D eigenvalue weighted by atomic mass is 15.2. The molecule has 0 radical (unpaired) electrons. The number of hydrogen-bond donors (Lipinski definition) is 0. The number of hydrogen-bond acceptors (Lipinski definition) is 3. The summed E-state index contributed by atoms with van der Waals surface area (Å²) in [4.78, 5) is 8.91. The lowest BCUT2D eigenvalue weighted by Crippen LogP contribution is -2.44. The van der Waals surface area contributed by atoms with Gasteiger partial charge in [0.2, 0.25) is 0 Å². The minimum atomic E-state index is 0.293. The van der Waals surface area contributed by atoms with Crippen molar-refractivity contribution in [3.63, 3.8) is 0 Å². The number of nitrogens with zero attached hydrogens (tertiary/aromatic N) is 3. The van der Waals surface area contributed by atoms with Crippen LogP contribution in [0.5, 0.6) is 0 Å². The van der Waals surface area contributed by atoms with Crippen LogP contribution in [0.15, 0.2) is 60.9 Å². The maximum absolute atomic E-state index is 3.78. The SMILES string of the molecule is C1CCCC1.C1CCCCC1.CC(C)(C)C.CC(C)(C)C.CC(C)(C)C.CC(C)(C)C1CC1.CC(C)(C)C1CCC1.CC(C)(C)N1CCCC1.CC(C)(C)N1CCCCC1.CC(C)(C)c1ccccc1.c1ccncc1. The zero-order chi connectivity index (χ0) is 59.3. The van der Waals surface area contributed by atoms with Gasteiger partial charge in [-0.2, -0.15) is 0 Å². The summed E-state index contributed by atoms with van der Waals surface area (Å²) in [5.41, 5.74) is 5.21. The second-order valence-electron chi connectivity index (χ2n) is 33.2. The summed E-state index contributed by atoms with van der Waals surface area (Å²) in [5.74, 6) is 2.08. The highest BCUT2D eigenvalue weighted by Crippen LogP contribution is 2.44. The standard InChI is InChI=1S/C10H14.C9H19N.C8H17N.C8H16.C7H14.C6H12.C5H5N.C5H10.3C5H12/c1-10(2,3)9-7-5-4-6-8-9;1-9(2,3)10-7-5-4-6-8-10;1-8(2,3)9-6-4-5-7-9;1-8(2,3)7-5-4-6-7;1-7(2,3)6-4-5-6;2*1-2-4-6-5-3-1;1-2-4-5-3-1;3*1-5(2,3)4/h4-8H,1-3H3;4-8H2,1-3H3;4-7H2,1-3H3;7H,4-6H2,1-3H3;6H,4-5H2,1-3H3;1-6H2;1-5H;1-5H2;3*1-4H3. The van der Waals surface area contributed by atoms with Crippen LogP contribution in [0, 0.1) is 38.9 Å². The lowest BCUT2D eigenvalue weighted by molar-refractivity contribution is 0.111. The Kier molecular flexibility index (Phi) is 41.8. The Balaban J connectivity index is -0.000000779. The van der Waals surface area contributed by atoms with Crippen LogP contribution in [0.2, 0.25) is 0 Å². The highest BCUT2D eigenvalue weighted by molar-refractivity contribution is 5.22. The van der Waals surface area contributed by atoms with Gasteiger partial charge in [0.05, 0.1) is 0 Å².